The van der Waals surface area contributed by atoms with Crippen molar-refractivity contribution in [2.24, 2.45) is 5.92 Å². The second-order valence-electron chi connectivity index (χ2n) is 4.44. The zero-order chi connectivity index (χ0) is 12.3. The number of carbonyl (C=O) groups is 1. The maximum Gasteiger partial charge on any atom is 0.358 e. The van der Waals surface area contributed by atoms with Gasteiger partial charge < -0.3 is 9.84 Å². The Morgan fingerprint density at radius 3 is 2.94 bits per heavy atom. The molecule has 1 aromatic rings. The Bertz CT molecular complexity index is 394. The fourth-order valence-electron chi connectivity index (χ4n) is 2.28. The molecule has 1 N–H and O–H groups in total. The van der Waals surface area contributed by atoms with Crippen molar-refractivity contribution in [2.75, 3.05) is 6.61 Å². The lowest BCUT2D eigenvalue weighted by Crippen LogP contribution is -2.11. The standard InChI is InChI=1S/C12H18N2O3/c1-2-17-12(16)10-7-11(15)14(13-10)8-9-5-3-4-6-9/h7,9,15H,2-6,8H2,1H3. The van der Waals surface area contributed by atoms with Crippen molar-refractivity contribution in [3.63, 3.8) is 0 Å². The molecule has 0 unspecified atom stereocenters. The molecule has 0 amide bonds. The van der Waals surface area contributed by atoms with Gasteiger partial charge in [0.15, 0.2) is 5.69 Å². The van der Waals surface area contributed by atoms with Gasteiger partial charge in [0.25, 0.3) is 0 Å². The summed E-state index contributed by atoms with van der Waals surface area (Å²) in [6, 6.07) is 1.37. The highest BCUT2D eigenvalue weighted by molar-refractivity contribution is 5.87. The highest BCUT2D eigenvalue weighted by atomic mass is 16.5. The summed E-state index contributed by atoms with van der Waals surface area (Å²) in [7, 11) is 0. The zero-order valence-electron chi connectivity index (χ0n) is 10.1. The minimum atomic E-state index is -0.479. The molecule has 1 heterocycles. The molecule has 0 spiro atoms. The summed E-state index contributed by atoms with van der Waals surface area (Å²) >= 11 is 0. The second-order valence-corrected chi connectivity index (χ2v) is 4.44. The summed E-state index contributed by atoms with van der Waals surface area (Å²) in [5.41, 5.74) is 0.183. The number of hydrogen-bond acceptors (Lipinski definition) is 4. The number of aromatic nitrogens is 2. The molecule has 1 aliphatic rings. The van der Waals surface area contributed by atoms with Gasteiger partial charge in [0, 0.05) is 12.6 Å². The number of carbonyl (C=O) groups excluding carboxylic acids is 1. The van der Waals surface area contributed by atoms with Crippen LogP contribution in [0.2, 0.25) is 0 Å². The maximum absolute atomic E-state index is 11.4. The molecule has 17 heavy (non-hydrogen) atoms. The lowest BCUT2D eigenvalue weighted by molar-refractivity contribution is 0.0518. The lowest BCUT2D eigenvalue weighted by atomic mass is 10.1. The van der Waals surface area contributed by atoms with Crippen LogP contribution in [0.3, 0.4) is 0 Å². The van der Waals surface area contributed by atoms with E-state index in [0.29, 0.717) is 19.1 Å². The van der Waals surface area contributed by atoms with Gasteiger partial charge in [-0.15, -0.1) is 0 Å². The first-order chi connectivity index (χ1) is 8.20. The van der Waals surface area contributed by atoms with Crippen LogP contribution < -0.4 is 0 Å². The van der Waals surface area contributed by atoms with Crippen molar-refractivity contribution < 1.29 is 14.6 Å². The number of ether oxygens (including phenoxy) is 1. The molecule has 0 saturated heterocycles. The normalized spacial score (nSPS) is 16.3. The van der Waals surface area contributed by atoms with E-state index in [9.17, 15) is 9.90 Å². The minimum Gasteiger partial charge on any atom is -0.493 e. The quantitative estimate of drug-likeness (QED) is 0.814. The second kappa shape index (κ2) is 5.21. The topological polar surface area (TPSA) is 64.3 Å². The summed E-state index contributed by atoms with van der Waals surface area (Å²) < 4.78 is 6.34. The van der Waals surface area contributed by atoms with Gasteiger partial charge in [0.1, 0.15) is 0 Å². The Labute approximate surface area is 100 Å². The van der Waals surface area contributed by atoms with E-state index in [0.717, 1.165) is 0 Å². The molecule has 0 radical (unpaired) electrons. The first-order valence-corrected chi connectivity index (χ1v) is 6.14. The predicted molar refractivity (Wildman–Crippen MR) is 61.8 cm³/mol. The van der Waals surface area contributed by atoms with Gasteiger partial charge in [-0.1, -0.05) is 12.8 Å². The van der Waals surface area contributed by atoms with Gasteiger partial charge in [0.2, 0.25) is 5.88 Å². The molecular weight excluding hydrogens is 220 g/mol. The van der Waals surface area contributed by atoms with Crippen molar-refractivity contribution in [3.05, 3.63) is 11.8 Å². The number of rotatable bonds is 4. The largest absolute Gasteiger partial charge is 0.493 e. The van der Waals surface area contributed by atoms with Gasteiger partial charge in [0.05, 0.1) is 6.61 Å². The fourth-order valence-corrected chi connectivity index (χ4v) is 2.28. The van der Waals surface area contributed by atoms with Crippen LogP contribution in [-0.4, -0.2) is 27.5 Å². The average molecular weight is 238 g/mol. The summed E-state index contributed by atoms with van der Waals surface area (Å²) in [5, 5.41) is 13.8. The van der Waals surface area contributed by atoms with Crippen molar-refractivity contribution in [3.8, 4) is 5.88 Å². The average Bonchev–Trinajstić information content (AvgIpc) is 2.91. The smallest absolute Gasteiger partial charge is 0.358 e. The summed E-state index contributed by atoms with van der Waals surface area (Å²) in [4.78, 5) is 11.4. The van der Waals surface area contributed by atoms with E-state index in [1.54, 1.807) is 6.92 Å². The zero-order valence-corrected chi connectivity index (χ0v) is 10.1. The van der Waals surface area contributed by atoms with Gasteiger partial charge >= 0.3 is 5.97 Å². The first kappa shape index (κ1) is 12.0. The van der Waals surface area contributed by atoms with Crippen LogP contribution >= 0.6 is 0 Å². The van der Waals surface area contributed by atoms with E-state index in [2.05, 4.69) is 5.10 Å². The molecule has 0 aromatic carbocycles. The molecule has 0 bridgehead atoms. The Morgan fingerprint density at radius 1 is 1.59 bits per heavy atom. The number of hydrogen-bond donors (Lipinski definition) is 1. The van der Waals surface area contributed by atoms with E-state index in [1.165, 1.54) is 36.4 Å². The van der Waals surface area contributed by atoms with Gasteiger partial charge in [-0.2, -0.15) is 5.10 Å². The SMILES string of the molecule is CCOC(=O)c1cc(O)n(CC2CCCC2)n1. The number of aromatic hydroxyl groups is 1. The third kappa shape index (κ3) is 2.78. The van der Waals surface area contributed by atoms with Crippen LogP contribution in [0.15, 0.2) is 6.07 Å². The fraction of sp³-hybridized carbons (Fsp3) is 0.667. The predicted octanol–water partition coefficient (Wildman–Crippen LogP) is 1.96. The number of esters is 1. The molecule has 5 heteroatoms. The third-order valence-corrected chi connectivity index (χ3v) is 3.15. The van der Waals surface area contributed by atoms with E-state index >= 15 is 0 Å². The summed E-state index contributed by atoms with van der Waals surface area (Å²) in [6.45, 7) is 2.74. The van der Waals surface area contributed by atoms with Crippen LogP contribution in [0.4, 0.5) is 0 Å². The molecule has 5 nitrogen and oxygen atoms in total. The van der Waals surface area contributed by atoms with Crippen LogP contribution in [0.1, 0.15) is 43.1 Å². The van der Waals surface area contributed by atoms with Crippen LogP contribution in [0.25, 0.3) is 0 Å². The highest BCUT2D eigenvalue weighted by Gasteiger charge is 2.20. The van der Waals surface area contributed by atoms with Gasteiger partial charge in [-0.05, 0) is 25.7 Å². The van der Waals surface area contributed by atoms with Gasteiger partial charge in [-0.3, -0.25) is 0 Å². The van der Waals surface area contributed by atoms with Crippen molar-refractivity contribution >= 4 is 5.97 Å². The molecule has 1 aliphatic carbocycles. The van der Waals surface area contributed by atoms with E-state index in [4.69, 9.17) is 4.74 Å². The molecule has 1 aromatic heterocycles. The van der Waals surface area contributed by atoms with Crippen LogP contribution in [0, 0.1) is 5.92 Å². The van der Waals surface area contributed by atoms with Crippen LogP contribution in [0.5, 0.6) is 5.88 Å². The minimum absolute atomic E-state index is 0.0416. The Balaban J connectivity index is 2.04. The molecule has 0 aliphatic heterocycles. The third-order valence-electron chi connectivity index (χ3n) is 3.15. The van der Waals surface area contributed by atoms with E-state index < -0.39 is 5.97 Å². The summed E-state index contributed by atoms with van der Waals surface area (Å²) in [6.07, 6.45) is 4.84. The molecule has 0 atom stereocenters. The Kier molecular flexibility index (Phi) is 3.66. The summed E-state index contributed by atoms with van der Waals surface area (Å²) in [5.74, 6) is 0.128. The molecule has 94 valence electrons. The molecule has 1 fully saturated rings. The Morgan fingerprint density at radius 2 is 2.29 bits per heavy atom. The monoisotopic (exact) mass is 238 g/mol. The molecule has 2 rings (SSSR count). The van der Waals surface area contributed by atoms with E-state index in [-0.39, 0.29) is 11.6 Å². The molecular formula is C12H18N2O3. The first-order valence-electron chi connectivity index (χ1n) is 6.14. The van der Waals surface area contributed by atoms with E-state index in [1.807, 2.05) is 0 Å². The van der Waals surface area contributed by atoms with Crippen LogP contribution in [-0.2, 0) is 11.3 Å². The maximum atomic E-state index is 11.4. The van der Waals surface area contributed by atoms with Crippen molar-refractivity contribution in [1.82, 2.24) is 9.78 Å². The van der Waals surface area contributed by atoms with Gasteiger partial charge in [-0.25, -0.2) is 9.48 Å². The van der Waals surface area contributed by atoms with Crippen molar-refractivity contribution in [2.45, 2.75) is 39.2 Å². The highest BCUT2D eigenvalue weighted by Crippen LogP contribution is 2.27. The molecule has 1 saturated carbocycles. The lowest BCUT2D eigenvalue weighted by Gasteiger charge is -2.09. The van der Waals surface area contributed by atoms with Crippen molar-refractivity contribution in [1.29, 1.82) is 0 Å². The number of nitrogens with zero attached hydrogens (tertiary/aromatic N) is 2. The Hall–Kier alpha value is -1.52.